The zero-order valence-electron chi connectivity index (χ0n) is 13.8. The van der Waals surface area contributed by atoms with Crippen molar-refractivity contribution in [2.45, 2.75) is 26.8 Å². The first-order valence-corrected chi connectivity index (χ1v) is 7.54. The molecular weight excluding hydrogens is 256 g/mol. The fraction of sp³-hybridized carbons (Fsp3) is 0.368. The van der Waals surface area contributed by atoms with Gasteiger partial charge in [-0.25, -0.2) is 0 Å². The van der Waals surface area contributed by atoms with Gasteiger partial charge in [-0.3, -0.25) is 0 Å². The number of rotatable bonds is 5. The molecule has 0 radical (unpaired) electrons. The predicted octanol–water partition coefficient (Wildman–Crippen LogP) is 4.01. The third-order valence-electron chi connectivity index (χ3n) is 4.13. The van der Waals surface area contributed by atoms with Crippen LogP contribution in [-0.4, -0.2) is 20.6 Å². The highest BCUT2D eigenvalue weighted by molar-refractivity contribution is 5.52. The van der Waals surface area contributed by atoms with Crippen LogP contribution in [0.1, 0.15) is 28.3 Å². The molecule has 0 aliphatic carbocycles. The average Bonchev–Trinajstić information content (AvgIpc) is 2.45. The zero-order valence-corrected chi connectivity index (χ0v) is 13.8. The Bertz CT molecular complexity index is 604. The number of nitrogens with zero attached hydrogens (tertiary/aromatic N) is 1. The molecule has 1 atom stereocenters. The van der Waals surface area contributed by atoms with E-state index in [2.05, 4.69) is 80.5 Å². The van der Waals surface area contributed by atoms with Crippen molar-refractivity contribution in [2.75, 3.05) is 25.5 Å². The maximum atomic E-state index is 3.46. The van der Waals surface area contributed by atoms with Gasteiger partial charge < -0.3 is 10.2 Å². The van der Waals surface area contributed by atoms with Gasteiger partial charge in [0, 0.05) is 25.3 Å². The molecule has 0 bridgehead atoms. The second-order valence-corrected chi connectivity index (χ2v) is 5.87. The van der Waals surface area contributed by atoms with E-state index in [1.165, 1.54) is 27.9 Å². The largest absolute Gasteiger partial charge is 0.372 e. The fourth-order valence-corrected chi connectivity index (χ4v) is 2.93. The molecule has 0 aromatic heterocycles. The summed E-state index contributed by atoms with van der Waals surface area (Å²) in [5, 5.41) is 3.46. The van der Waals surface area contributed by atoms with Gasteiger partial charge >= 0.3 is 0 Å². The van der Waals surface area contributed by atoms with Crippen LogP contribution < -0.4 is 10.2 Å². The van der Waals surface area contributed by atoms with Crippen LogP contribution in [-0.2, 0) is 0 Å². The minimum atomic E-state index is 0.329. The Morgan fingerprint density at radius 3 is 2.33 bits per heavy atom. The Labute approximate surface area is 128 Å². The van der Waals surface area contributed by atoms with E-state index >= 15 is 0 Å². The first-order chi connectivity index (χ1) is 10.0. The maximum absolute atomic E-state index is 3.46. The van der Waals surface area contributed by atoms with Gasteiger partial charge in [0.2, 0.25) is 0 Å². The van der Waals surface area contributed by atoms with Crippen LogP contribution in [0.25, 0.3) is 0 Å². The smallest absolute Gasteiger partial charge is 0.0498 e. The molecular formula is C19H26N2. The van der Waals surface area contributed by atoms with Crippen molar-refractivity contribution in [3.05, 3.63) is 64.7 Å². The summed E-state index contributed by atoms with van der Waals surface area (Å²) in [5.41, 5.74) is 6.66. The lowest BCUT2D eigenvalue weighted by Crippen LogP contribution is -2.32. The molecule has 0 spiro atoms. The van der Waals surface area contributed by atoms with Crippen molar-refractivity contribution in [1.82, 2.24) is 5.32 Å². The molecule has 0 saturated heterocycles. The Morgan fingerprint density at radius 2 is 1.71 bits per heavy atom. The zero-order chi connectivity index (χ0) is 15.4. The molecule has 0 aliphatic heterocycles. The lowest BCUT2D eigenvalue weighted by molar-refractivity contribution is 0.586. The van der Waals surface area contributed by atoms with Crippen molar-refractivity contribution in [2.24, 2.45) is 0 Å². The molecule has 2 nitrogen and oxygen atoms in total. The number of hydrogen-bond acceptors (Lipinski definition) is 2. The highest BCUT2D eigenvalue weighted by atomic mass is 15.1. The van der Waals surface area contributed by atoms with Crippen LogP contribution in [0.4, 0.5) is 5.69 Å². The van der Waals surface area contributed by atoms with E-state index in [-0.39, 0.29) is 0 Å². The summed E-state index contributed by atoms with van der Waals surface area (Å²) in [6.07, 6.45) is 0. The lowest BCUT2D eigenvalue weighted by atomic mass is 9.98. The van der Waals surface area contributed by atoms with E-state index in [1.807, 2.05) is 7.05 Å². The number of aryl methyl sites for hydroxylation is 3. The van der Waals surface area contributed by atoms with E-state index in [4.69, 9.17) is 0 Å². The van der Waals surface area contributed by atoms with Crippen molar-refractivity contribution < 1.29 is 0 Å². The Hall–Kier alpha value is -1.80. The molecule has 1 unspecified atom stereocenters. The van der Waals surface area contributed by atoms with Gasteiger partial charge in [-0.2, -0.15) is 0 Å². The predicted molar refractivity (Wildman–Crippen MR) is 92.2 cm³/mol. The van der Waals surface area contributed by atoms with Gasteiger partial charge in [0.05, 0.1) is 0 Å². The standard InChI is InChI=1S/C19H26N2/c1-14-10-11-17(16(3)12-14)18(20-4)13-21(5)19-9-7-6-8-15(19)2/h6-12,18,20H,13H2,1-5H3. The highest BCUT2D eigenvalue weighted by Crippen LogP contribution is 2.23. The summed E-state index contributed by atoms with van der Waals surface area (Å²) >= 11 is 0. The fourth-order valence-electron chi connectivity index (χ4n) is 2.93. The Balaban J connectivity index is 2.21. The molecule has 2 heteroatoms. The number of benzene rings is 2. The number of likely N-dealkylation sites (N-methyl/N-ethyl adjacent to an activating group) is 2. The molecule has 0 heterocycles. The molecule has 112 valence electrons. The molecule has 0 fully saturated rings. The third kappa shape index (κ3) is 3.64. The Morgan fingerprint density at radius 1 is 1.00 bits per heavy atom. The number of hydrogen-bond donors (Lipinski definition) is 1. The van der Waals surface area contributed by atoms with Crippen LogP contribution >= 0.6 is 0 Å². The topological polar surface area (TPSA) is 15.3 Å². The molecule has 0 aliphatic rings. The van der Waals surface area contributed by atoms with E-state index in [9.17, 15) is 0 Å². The first-order valence-electron chi connectivity index (χ1n) is 7.54. The van der Waals surface area contributed by atoms with Crippen molar-refractivity contribution in [3.8, 4) is 0 Å². The number of nitrogens with one attached hydrogen (secondary N) is 1. The number of para-hydroxylation sites is 1. The quantitative estimate of drug-likeness (QED) is 0.891. The summed E-state index contributed by atoms with van der Waals surface area (Å²) in [5.74, 6) is 0. The highest BCUT2D eigenvalue weighted by Gasteiger charge is 2.15. The van der Waals surface area contributed by atoms with Crippen LogP contribution in [0.3, 0.4) is 0 Å². The summed E-state index contributed by atoms with van der Waals surface area (Å²) < 4.78 is 0. The molecule has 0 amide bonds. The lowest BCUT2D eigenvalue weighted by Gasteiger charge is -2.28. The molecule has 2 aromatic carbocycles. The van der Waals surface area contributed by atoms with Crippen LogP contribution in [0.2, 0.25) is 0 Å². The van der Waals surface area contributed by atoms with Gasteiger partial charge in [0.1, 0.15) is 0 Å². The van der Waals surface area contributed by atoms with Crippen LogP contribution in [0, 0.1) is 20.8 Å². The number of anilines is 1. The molecule has 2 aromatic rings. The van der Waals surface area contributed by atoms with E-state index in [0.29, 0.717) is 6.04 Å². The molecule has 0 saturated carbocycles. The minimum Gasteiger partial charge on any atom is -0.372 e. The van der Waals surface area contributed by atoms with E-state index in [0.717, 1.165) is 6.54 Å². The Kier molecular flexibility index (Phi) is 5.03. The van der Waals surface area contributed by atoms with Gasteiger partial charge in [0.25, 0.3) is 0 Å². The van der Waals surface area contributed by atoms with Gasteiger partial charge in [-0.1, -0.05) is 42.0 Å². The summed E-state index contributed by atoms with van der Waals surface area (Å²) in [4.78, 5) is 2.33. The van der Waals surface area contributed by atoms with Crippen molar-refractivity contribution in [1.29, 1.82) is 0 Å². The monoisotopic (exact) mass is 282 g/mol. The van der Waals surface area contributed by atoms with Gasteiger partial charge in [0.15, 0.2) is 0 Å². The average molecular weight is 282 g/mol. The minimum absolute atomic E-state index is 0.329. The van der Waals surface area contributed by atoms with E-state index in [1.54, 1.807) is 0 Å². The SMILES string of the molecule is CNC(CN(C)c1ccccc1C)c1ccc(C)cc1C. The van der Waals surface area contributed by atoms with E-state index < -0.39 is 0 Å². The molecule has 21 heavy (non-hydrogen) atoms. The van der Waals surface area contributed by atoms with Crippen molar-refractivity contribution in [3.63, 3.8) is 0 Å². The van der Waals surface area contributed by atoms with Gasteiger partial charge in [-0.15, -0.1) is 0 Å². The summed E-state index contributed by atoms with van der Waals surface area (Å²) in [6.45, 7) is 7.45. The second-order valence-electron chi connectivity index (χ2n) is 5.87. The summed E-state index contributed by atoms with van der Waals surface area (Å²) in [6, 6.07) is 15.6. The molecule has 1 N–H and O–H groups in total. The summed E-state index contributed by atoms with van der Waals surface area (Å²) in [7, 11) is 4.20. The van der Waals surface area contributed by atoms with Gasteiger partial charge in [-0.05, 0) is 50.6 Å². The van der Waals surface area contributed by atoms with Crippen LogP contribution in [0.15, 0.2) is 42.5 Å². The normalized spacial score (nSPS) is 12.2. The maximum Gasteiger partial charge on any atom is 0.0498 e. The second kappa shape index (κ2) is 6.77. The third-order valence-corrected chi connectivity index (χ3v) is 4.13. The van der Waals surface area contributed by atoms with Crippen LogP contribution in [0.5, 0.6) is 0 Å². The van der Waals surface area contributed by atoms with Crippen molar-refractivity contribution >= 4 is 5.69 Å². The molecule has 2 rings (SSSR count). The first kappa shape index (κ1) is 15.6.